The third-order valence-electron chi connectivity index (χ3n) is 4.31. The summed E-state index contributed by atoms with van der Waals surface area (Å²) in [6.07, 6.45) is 6.52. The van der Waals surface area contributed by atoms with E-state index in [0.29, 0.717) is 0 Å². The number of anilines is 3. The second-order valence-corrected chi connectivity index (χ2v) is 5.69. The van der Waals surface area contributed by atoms with Gasteiger partial charge in [-0.3, -0.25) is 0 Å². The van der Waals surface area contributed by atoms with E-state index in [1.165, 1.54) is 24.1 Å². The van der Waals surface area contributed by atoms with Crippen LogP contribution in [-0.2, 0) is 6.42 Å². The molecule has 2 aliphatic heterocycles. The van der Waals surface area contributed by atoms with Gasteiger partial charge in [0.1, 0.15) is 0 Å². The van der Waals surface area contributed by atoms with Crippen LogP contribution in [0.4, 0.5) is 17.5 Å². The minimum atomic E-state index is 0.771. The molecule has 2 aromatic rings. The topological polar surface area (TPSA) is 45.2 Å². The number of rotatable bonds is 2. The highest BCUT2D eigenvalue weighted by atomic mass is 15.4. The summed E-state index contributed by atoms with van der Waals surface area (Å²) in [4.78, 5) is 9.25. The van der Waals surface area contributed by atoms with Crippen molar-refractivity contribution in [3.05, 3.63) is 36.0 Å². The van der Waals surface area contributed by atoms with Crippen LogP contribution in [-0.4, -0.2) is 34.8 Å². The molecule has 108 valence electrons. The molecule has 0 unspecified atom stereocenters. The van der Waals surface area contributed by atoms with Crippen molar-refractivity contribution in [1.29, 1.82) is 0 Å². The molecule has 1 fully saturated rings. The fourth-order valence-corrected chi connectivity index (χ4v) is 3.24. The molecule has 0 aliphatic carbocycles. The highest BCUT2D eigenvalue weighted by molar-refractivity contribution is 5.65. The SMILES string of the molecule is c1ccc2c(c1)CCCN2c1cnnc(N2CCCC2)n1. The quantitative estimate of drug-likeness (QED) is 0.846. The predicted octanol–water partition coefficient (Wildman–Crippen LogP) is 2.56. The van der Waals surface area contributed by atoms with Crippen molar-refractivity contribution in [3.63, 3.8) is 0 Å². The molecular formula is C16H19N5. The standard InChI is InChI=1S/C16H19N5/c1-2-8-14-13(6-1)7-5-11-21(14)15-12-17-19-16(18-15)20-9-3-4-10-20/h1-2,6,8,12H,3-5,7,9-11H2. The van der Waals surface area contributed by atoms with Crippen molar-refractivity contribution in [3.8, 4) is 0 Å². The summed E-state index contributed by atoms with van der Waals surface area (Å²) in [6, 6.07) is 8.58. The lowest BCUT2D eigenvalue weighted by Gasteiger charge is -2.30. The van der Waals surface area contributed by atoms with Crippen LogP contribution in [0.25, 0.3) is 0 Å². The molecule has 21 heavy (non-hydrogen) atoms. The molecule has 1 saturated heterocycles. The Morgan fingerprint density at radius 2 is 1.81 bits per heavy atom. The van der Waals surface area contributed by atoms with Crippen LogP contribution in [0.5, 0.6) is 0 Å². The van der Waals surface area contributed by atoms with Crippen molar-refractivity contribution in [2.75, 3.05) is 29.4 Å². The van der Waals surface area contributed by atoms with Crippen molar-refractivity contribution in [1.82, 2.24) is 15.2 Å². The first-order valence-electron chi connectivity index (χ1n) is 7.72. The van der Waals surface area contributed by atoms with E-state index >= 15 is 0 Å². The number of para-hydroxylation sites is 1. The van der Waals surface area contributed by atoms with E-state index in [2.05, 4.69) is 44.3 Å². The van der Waals surface area contributed by atoms with Crippen LogP contribution in [0.15, 0.2) is 30.5 Å². The fraction of sp³-hybridized carbons (Fsp3) is 0.438. The molecule has 0 N–H and O–H groups in total. The average molecular weight is 281 g/mol. The summed E-state index contributed by atoms with van der Waals surface area (Å²) in [7, 11) is 0. The lowest BCUT2D eigenvalue weighted by Crippen LogP contribution is -2.27. The predicted molar refractivity (Wildman–Crippen MR) is 83.0 cm³/mol. The summed E-state index contributed by atoms with van der Waals surface area (Å²) in [5.74, 6) is 1.69. The van der Waals surface area contributed by atoms with Crippen LogP contribution >= 0.6 is 0 Å². The van der Waals surface area contributed by atoms with Crippen molar-refractivity contribution >= 4 is 17.5 Å². The average Bonchev–Trinajstić information content (AvgIpc) is 3.09. The number of fused-ring (bicyclic) bond motifs is 1. The van der Waals surface area contributed by atoms with Gasteiger partial charge in [0.05, 0.1) is 6.20 Å². The molecule has 0 radical (unpaired) electrons. The Morgan fingerprint density at radius 3 is 2.71 bits per heavy atom. The first-order valence-corrected chi connectivity index (χ1v) is 7.72. The van der Waals surface area contributed by atoms with Crippen LogP contribution in [0.2, 0.25) is 0 Å². The van der Waals surface area contributed by atoms with Crippen LogP contribution < -0.4 is 9.80 Å². The van der Waals surface area contributed by atoms with E-state index < -0.39 is 0 Å². The minimum absolute atomic E-state index is 0.771. The third-order valence-corrected chi connectivity index (χ3v) is 4.31. The Morgan fingerprint density at radius 1 is 0.952 bits per heavy atom. The first-order chi connectivity index (χ1) is 10.4. The van der Waals surface area contributed by atoms with Gasteiger partial charge in [0.25, 0.3) is 0 Å². The molecule has 0 atom stereocenters. The maximum absolute atomic E-state index is 4.76. The Bertz CT molecular complexity index is 636. The van der Waals surface area contributed by atoms with Gasteiger partial charge in [-0.15, -0.1) is 5.10 Å². The van der Waals surface area contributed by atoms with E-state index in [1.807, 2.05) is 0 Å². The van der Waals surface area contributed by atoms with Gasteiger partial charge in [0, 0.05) is 25.3 Å². The van der Waals surface area contributed by atoms with Gasteiger partial charge in [0.15, 0.2) is 5.82 Å². The number of hydrogen-bond donors (Lipinski definition) is 0. The van der Waals surface area contributed by atoms with Gasteiger partial charge in [-0.2, -0.15) is 10.1 Å². The van der Waals surface area contributed by atoms with Crippen LogP contribution in [0, 0.1) is 0 Å². The van der Waals surface area contributed by atoms with Gasteiger partial charge in [0.2, 0.25) is 5.95 Å². The summed E-state index contributed by atoms with van der Waals surface area (Å²) in [5.41, 5.74) is 2.65. The second kappa shape index (κ2) is 5.31. The molecule has 0 bridgehead atoms. The molecule has 5 nitrogen and oxygen atoms in total. The maximum Gasteiger partial charge on any atom is 0.247 e. The normalized spacial score (nSPS) is 17.9. The first kappa shape index (κ1) is 12.6. The number of hydrogen-bond acceptors (Lipinski definition) is 5. The molecule has 0 spiro atoms. The van der Waals surface area contributed by atoms with E-state index in [0.717, 1.165) is 44.2 Å². The highest BCUT2D eigenvalue weighted by Gasteiger charge is 2.21. The van der Waals surface area contributed by atoms with Gasteiger partial charge in [-0.1, -0.05) is 18.2 Å². The highest BCUT2D eigenvalue weighted by Crippen LogP contribution is 2.32. The zero-order chi connectivity index (χ0) is 14.1. The Balaban J connectivity index is 1.69. The molecule has 1 aromatic carbocycles. The summed E-state index contributed by atoms with van der Waals surface area (Å²) >= 11 is 0. The zero-order valence-electron chi connectivity index (χ0n) is 12.1. The molecule has 5 heteroatoms. The summed E-state index contributed by atoms with van der Waals surface area (Å²) < 4.78 is 0. The second-order valence-electron chi connectivity index (χ2n) is 5.69. The van der Waals surface area contributed by atoms with Crippen molar-refractivity contribution in [2.24, 2.45) is 0 Å². The van der Waals surface area contributed by atoms with E-state index in [-0.39, 0.29) is 0 Å². The number of aryl methyl sites for hydroxylation is 1. The van der Waals surface area contributed by atoms with Gasteiger partial charge < -0.3 is 9.80 Å². The monoisotopic (exact) mass is 281 g/mol. The molecular weight excluding hydrogens is 262 g/mol. The largest absolute Gasteiger partial charge is 0.339 e. The fourth-order valence-electron chi connectivity index (χ4n) is 3.24. The van der Waals surface area contributed by atoms with Crippen LogP contribution in [0.1, 0.15) is 24.8 Å². The number of benzene rings is 1. The number of aromatic nitrogens is 3. The Hall–Kier alpha value is -2.17. The lowest BCUT2D eigenvalue weighted by molar-refractivity contribution is 0.749. The molecule has 1 aromatic heterocycles. The van der Waals surface area contributed by atoms with Gasteiger partial charge >= 0.3 is 0 Å². The molecule has 2 aliphatic rings. The van der Waals surface area contributed by atoms with E-state index in [9.17, 15) is 0 Å². The lowest BCUT2D eigenvalue weighted by atomic mass is 10.0. The summed E-state index contributed by atoms with van der Waals surface area (Å²) in [6.45, 7) is 3.08. The van der Waals surface area contributed by atoms with Gasteiger partial charge in [-0.25, -0.2) is 0 Å². The van der Waals surface area contributed by atoms with E-state index in [4.69, 9.17) is 4.98 Å². The van der Waals surface area contributed by atoms with Gasteiger partial charge in [-0.05, 0) is 37.3 Å². The zero-order valence-corrected chi connectivity index (χ0v) is 12.1. The molecule has 3 heterocycles. The Labute approximate surface area is 124 Å². The van der Waals surface area contributed by atoms with Crippen molar-refractivity contribution in [2.45, 2.75) is 25.7 Å². The minimum Gasteiger partial charge on any atom is -0.339 e. The Kier molecular flexibility index (Phi) is 3.18. The third kappa shape index (κ3) is 2.33. The summed E-state index contributed by atoms with van der Waals surface area (Å²) in [5, 5.41) is 8.39. The molecule has 4 rings (SSSR count). The van der Waals surface area contributed by atoms with Crippen molar-refractivity contribution < 1.29 is 0 Å². The van der Waals surface area contributed by atoms with E-state index in [1.54, 1.807) is 6.20 Å². The van der Waals surface area contributed by atoms with Crippen LogP contribution in [0.3, 0.4) is 0 Å². The molecule has 0 saturated carbocycles. The number of nitrogens with zero attached hydrogens (tertiary/aromatic N) is 5. The smallest absolute Gasteiger partial charge is 0.247 e. The maximum atomic E-state index is 4.76. The molecule has 0 amide bonds.